The van der Waals surface area contributed by atoms with E-state index in [1.807, 2.05) is 78.0 Å². The molecule has 0 aliphatic carbocycles. The van der Waals surface area contributed by atoms with Crippen molar-refractivity contribution in [3.8, 4) is 5.69 Å². The molecule has 1 N–H and O–H groups in total. The van der Waals surface area contributed by atoms with Crippen molar-refractivity contribution in [3.05, 3.63) is 71.7 Å². The second-order valence-corrected chi connectivity index (χ2v) is 9.37. The number of rotatable bonds is 5. The Morgan fingerprint density at radius 1 is 0.944 bits per heavy atom. The van der Waals surface area contributed by atoms with E-state index in [4.69, 9.17) is 15.1 Å². The number of aromatic nitrogens is 4. The first-order valence-electron chi connectivity index (χ1n) is 12.7. The molecule has 2 amide bonds. The lowest BCUT2D eigenvalue weighted by molar-refractivity contribution is 0.215. The molecular formula is C28H33N7O. The highest BCUT2D eigenvalue weighted by Gasteiger charge is 2.25. The van der Waals surface area contributed by atoms with Crippen molar-refractivity contribution in [2.24, 2.45) is 0 Å². The normalized spacial score (nSPS) is 14.2. The number of nitrogens with zero attached hydrogens (tertiary/aromatic N) is 6. The van der Waals surface area contributed by atoms with Gasteiger partial charge in [-0.15, -0.1) is 0 Å². The number of nitrogens with one attached hydrogen (secondary N) is 1. The first-order chi connectivity index (χ1) is 17.5. The van der Waals surface area contributed by atoms with Crippen LogP contribution in [-0.4, -0.2) is 56.9 Å². The standard InChI is InChI=1S/C28H33N7O/c1-4-9-24-30-26(25-21(3)32-35(27(25)31-24)23-10-6-5-7-11-23)33-16-8-17-34(19-18-33)28(36)29-22-14-12-20(2)13-15-22/h5-7,10-15H,4,8-9,16-19H2,1-3H3,(H,29,36). The maximum atomic E-state index is 13.0. The predicted octanol–water partition coefficient (Wildman–Crippen LogP) is 5.13. The van der Waals surface area contributed by atoms with Crippen molar-refractivity contribution < 1.29 is 4.79 Å². The molecular weight excluding hydrogens is 450 g/mol. The second kappa shape index (κ2) is 10.4. The summed E-state index contributed by atoms with van der Waals surface area (Å²) in [6.45, 7) is 9.05. The van der Waals surface area contributed by atoms with Crippen LogP contribution in [-0.2, 0) is 6.42 Å². The molecule has 0 atom stereocenters. The number of aryl methyl sites for hydroxylation is 3. The van der Waals surface area contributed by atoms with Gasteiger partial charge in [-0.25, -0.2) is 19.4 Å². The molecule has 5 rings (SSSR count). The molecule has 36 heavy (non-hydrogen) atoms. The van der Waals surface area contributed by atoms with Crippen molar-refractivity contribution in [1.29, 1.82) is 0 Å². The van der Waals surface area contributed by atoms with Crippen LogP contribution in [0.25, 0.3) is 16.7 Å². The van der Waals surface area contributed by atoms with E-state index in [-0.39, 0.29) is 6.03 Å². The number of amides is 2. The van der Waals surface area contributed by atoms with E-state index in [1.165, 1.54) is 5.56 Å². The third-order valence-corrected chi connectivity index (χ3v) is 6.59. The van der Waals surface area contributed by atoms with E-state index in [0.717, 1.165) is 65.6 Å². The molecule has 3 heterocycles. The van der Waals surface area contributed by atoms with Gasteiger partial charge < -0.3 is 15.1 Å². The molecule has 1 aliphatic rings. The number of carbonyl (C=O) groups is 1. The monoisotopic (exact) mass is 483 g/mol. The zero-order valence-corrected chi connectivity index (χ0v) is 21.2. The minimum absolute atomic E-state index is 0.0618. The van der Waals surface area contributed by atoms with Gasteiger partial charge in [0.15, 0.2) is 5.65 Å². The molecule has 186 valence electrons. The molecule has 0 saturated carbocycles. The highest BCUT2D eigenvalue weighted by Crippen LogP contribution is 2.30. The molecule has 8 nitrogen and oxygen atoms in total. The highest BCUT2D eigenvalue weighted by atomic mass is 16.2. The summed E-state index contributed by atoms with van der Waals surface area (Å²) in [4.78, 5) is 27.1. The Labute approximate surface area is 212 Å². The quantitative estimate of drug-likeness (QED) is 0.426. The topological polar surface area (TPSA) is 79.2 Å². The summed E-state index contributed by atoms with van der Waals surface area (Å²) in [7, 11) is 0. The minimum Gasteiger partial charge on any atom is -0.354 e. The Morgan fingerprint density at radius 2 is 1.72 bits per heavy atom. The van der Waals surface area contributed by atoms with E-state index < -0.39 is 0 Å². The number of hydrogen-bond acceptors (Lipinski definition) is 5. The number of urea groups is 1. The lowest BCUT2D eigenvalue weighted by atomic mass is 10.2. The van der Waals surface area contributed by atoms with Crippen LogP contribution in [0, 0.1) is 13.8 Å². The molecule has 1 aliphatic heterocycles. The number of anilines is 2. The molecule has 1 saturated heterocycles. The Hall–Kier alpha value is -3.94. The fourth-order valence-electron chi connectivity index (χ4n) is 4.69. The molecule has 0 radical (unpaired) electrons. The zero-order valence-electron chi connectivity index (χ0n) is 21.2. The lowest BCUT2D eigenvalue weighted by Crippen LogP contribution is -2.38. The van der Waals surface area contributed by atoms with E-state index in [9.17, 15) is 4.79 Å². The number of para-hydroxylation sites is 1. The number of carbonyl (C=O) groups excluding carboxylic acids is 1. The van der Waals surface area contributed by atoms with Gasteiger partial charge in [0, 0.05) is 38.3 Å². The minimum atomic E-state index is -0.0618. The zero-order chi connectivity index (χ0) is 25.1. The molecule has 0 bridgehead atoms. The van der Waals surface area contributed by atoms with Gasteiger partial charge in [-0.05, 0) is 51.0 Å². The van der Waals surface area contributed by atoms with E-state index in [0.29, 0.717) is 19.6 Å². The Morgan fingerprint density at radius 3 is 2.47 bits per heavy atom. The van der Waals surface area contributed by atoms with Gasteiger partial charge in [-0.1, -0.05) is 42.8 Å². The molecule has 8 heteroatoms. The first kappa shape index (κ1) is 23.8. The summed E-state index contributed by atoms with van der Waals surface area (Å²) in [6, 6.07) is 18.0. The summed E-state index contributed by atoms with van der Waals surface area (Å²) >= 11 is 0. The molecule has 2 aromatic heterocycles. The van der Waals surface area contributed by atoms with Crippen LogP contribution < -0.4 is 10.2 Å². The number of hydrogen-bond donors (Lipinski definition) is 1. The molecule has 1 fully saturated rings. The second-order valence-electron chi connectivity index (χ2n) is 9.37. The van der Waals surface area contributed by atoms with E-state index in [1.54, 1.807) is 0 Å². The Kier molecular flexibility index (Phi) is 6.84. The van der Waals surface area contributed by atoms with Gasteiger partial charge in [0.25, 0.3) is 0 Å². The molecule has 4 aromatic rings. The average Bonchev–Trinajstić information content (AvgIpc) is 3.05. The number of benzene rings is 2. The van der Waals surface area contributed by atoms with Crippen LogP contribution in [0.2, 0.25) is 0 Å². The van der Waals surface area contributed by atoms with E-state index >= 15 is 0 Å². The highest BCUT2D eigenvalue weighted by molar-refractivity contribution is 5.91. The van der Waals surface area contributed by atoms with Crippen LogP contribution in [0.1, 0.15) is 36.8 Å². The van der Waals surface area contributed by atoms with Crippen LogP contribution in [0.4, 0.5) is 16.3 Å². The van der Waals surface area contributed by atoms with Crippen molar-refractivity contribution in [2.75, 3.05) is 36.4 Å². The Balaban J connectivity index is 1.43. The molecule has 0 unspecified atom stereocenters. The van der Waals surface area contributed by atoms with Crippen LogP contribution in [0.15, 0.2) is 54.6 Å². The van der Waals surface area contributed by atoms with Gasteiger partial charge in [-0.2, -0.15) is 5.10 Å². The summed E-state index contributed by atoms with van der Waals surface area (Å²) in [5, 5.41) is 8.87. The van der Waals surface area contributed by atoms with Gasteiger partial charge in [0.2, 0.25) is 0 Å². The molecule has 0 spiro atoms. The fourth-order valence-corrected chi connectivity index (χ4v) is 4.69. The summed E-state index contributed by atoms with van der Waals surface area (Å²) in [6.07, 6.45) is 2.64. The van der Waals surface area contributed by atoms with Crippen LogP contribution >= 0.6 is 0 Å². The van der Waals surface area contributed by atoms with Crippen molar-refractivity contribution >= 4 is 28.6 Å². The first-order valence-corrected chi connectivity index (χ1v) is 12.7. The number of fused-ring (bicyclic) bond motifs is 1. The van der Waals surface area contributed by atoms with Crippen molar-refractivity contribution in [3.63, 3.8) is 0 Å². The summed E-state index contributed by atoms with van der Waals surface area (Å²) in [5.74, 6) is 1.75. The predicted molar refractivity (Wildman–Crippen MR) is 144 cm³/mol. The summed E-state index contributed by atoms with van der Waals surface area (Å²) in [5.41, 5.74) is 4.72. The fraction of sp³-hybridized carbons (Fsp3) is 0.357. The Bertz CT molecular complexity index is 1350. The third-order valence-electron chi connectivity index (χ3n) is 6.59. The lowest BCUT2D eigenvalue weighted by Gasteiger charge is -2.24. The van der Waals surface area contributed by atoms with E-state index in [2.05, 4.69) is 17.1 Å². The van der Waals surface area contributed by atoms with Gasteiger partial charge in [0.1, 0.15) is 11.6 Å². The SMILES string of the molecule is CCCc1nc(N2CCCN(C(=O)Nc3ccc(C)cc3)CC2)c2c(C)nn(-c3ccccc3)c2n1. The third kappa shape index (κ3) is 4.89. The van der Waals surface area contributed by atoms with Gasteiger partial charge in [-0.3, -0.25) is 0 Å². The smallest absolute Gasteiger partial charge is 0.321 e. The van der Waals surface area contributed by atoms with Crippen LogP contribution in [0.5, 0.6) is 0 Å². The summed E-state index contributed by atoms with van der Waals surface area (Å²) < 4.78 is 1.92. The molecule has 2 aromatic carbocycles. The van der Waals surface area contributed by atoms with Crippen LogP contribution in [0.3, 0.4) is 0 Å². The van der Waals surface area contributed by atoms with Crippen molar-refractivity contribution in [2.45, 2.75) is 40.0 Å². The average molecular weight is 484 g/mol. The van der Waals surface area contributed by atoms with Crippen molar-refractivity contribution in [1.82, 2.24) is 24.6 Å². The van der Waals surface area contributed by atoms with Gasteiger partial charge in [0.05, 0.1) is 16.8 Å². The maximum Gasteiger partial charge on any atom is 0.321 e. The largest absolute Gasteiger partial charge is 0.354 e. The maximum absolute atomic E-state index is 13.0. The van der Waals surface area contributed by atoms with Gasteiger partial charge >= 0.3 is 6.03 Å².